The van der Waals surface area contributed by atoms with Crippen LogP contribution in [0.15, 0.2) is 64.9 Å². The third kappa shape index (κ3) is 2.88. The van der Waals surface area contributed by atoms with Gasteiger partial charge in [-0.2, -0.15) is 0 Å². The summed E-state index contributed by atoms with van der Waals surface area (Å²) in [5, 5.41) is 12.0. The number of methoxy groups -OCH3 is 2. The van der Waals surface area contributed by atoms with Gasteiger partial charge >= 0.3 is 5.97 Å². The quantitative estimate of drug-likeness (QED) is 0.610. The van der Waals surface area contributed by atoms with Gasteiger partial charge in [-0.05, 0) is 37.5 Å². The number of fused-ring (bicyclic) bond motifs is 3. The van der Waals surface area contributed by atoms with E-state index in [0.29, 0.717) is 11.5 Å². The van der Waals surface area contributed by atoms with Crippen LogP contribution in [0.25, 0.3) is 0 Å². The van der Waals surface area contributed by atoms with Crippen molar-refractivity contribution in [2.75, 3.05) is 14.2 Å². The fraction of sp³-hybridized carbons (Fsp3) is 0.385. The number of hydrogen-bond donors (Lipinski definition) is 1. The third-order valence-corrected chi connectivity index (χ3v) is 8.11. The van der Waals surface area contributed by atoms with Crippen LogP contribution >= 0.6 is 15.9 Å². The first-order chi connectivity index (χ1) is 15.9. The molecule has 1 N–H and O–H groups in total. The lowest BCUT2D eigenvalue weighted by atomic mass is 9.64. The first kappa shape index (κ1) is 22.2. The molecule has 172 valence electrons. The summed E-state index contributed by atoms with van der Waals surface area (Å²) < 4.78 is 18.7. The largest absolute Gasteiger partial charge is 0.495 e. The zero-order valence-corrected chi connectivity index (χ0v) is 20.3. The number of halogens is 1. The second-order valence-corrected chi connectivity index (χ2v) is 9.86. The van der Waals surface area contributed by atoms with Crippen LogP contribution in [-0.4, -0.2) is 36.4 Å². The number of nitrogens with zero attached hydrogens (tertiary/aromatic N) is 1. The number of benzene rings is 1. The van der Waals surface area contributed by atoms with Gasteiger partial charge in [0, 0.05) is 10.4 Å². The smallest absolute Gasteiger partial charge is 0.312 e. The molecule has 1 aliphatic heterocycles. The van der Waals surface area contributed by atoms with Gasteiger partial charge in [-0.3, -0.25) is 9.78 Å². The lowest BCUT2D eigenvalue weighted by molar-refractivity contribution is -0.150. The van der Waals surface area contributed by atoms with Crippen LogP contribution in [0.4, 0.5) is 0 Å². The summed E-state index contributed by atoms with van der Waals surface area (Å²) in [7, 11) is 2.94. The van der Waals surface area contributed by atoms with Crippen molar-refractivity contribution in [3.05, 3.63) is 76.1 Å². The maximum Gasteiger partial charge on any atom is 0.312 e. The second-order valence-electron chi connectivity index (χ2n) is 8.94. The highest BCUT2D eigenvalue weighted by atomic mass is 79.9. The molecule has 2 aromatic rings. The normalized spacial score (nSPS) is 31.9. The topological polar surface area (TPSA) is 77.9 Å². The molecule has 0 radical (unpaired) electrons. The summed E-state index contributed by atoms with van der Waals surface area (Å²) in [6.45, 7) is 1.96. The summed E-state index contributed by atoms with van der Waals surface area (Å²) in [4.78, 5) is 17.5. The number of esters is 1. The molecule has 0 saturated heterocycles. The number of pyridine rings is 1. The molecule has 5 atom stereocenters. The van der Waals surface area contributed by atoms with E-state index in [4.69, 9.17) is 14.2 Å². The van der Waals surface area contributed by atoms with Crippen LogP contribution in [0, 0.1) is 11.8 Å². The van der Waals surface area contributed by atoms with Gasteiger partial charge in [0.2, 0.25) is 0 Å². The van der Waals surface area contributed by atoms with Crippen LogP contribution in [0.1, 0.15) is 30.9 Å². The fourth-order valence-corrected chi connectivity index (χ4v) is 6.45. The van der Waals surface area contributed by atoms with Crippen molar-refractivity contribution in [2.24, 2.45) is 11.8 Å². The van der Waals surface area contributed by atoms with E-state index in [2.05, 4.69) is 27.0 Å². The molecule has 3 aliphatic rings. The van der Waals surface area contributed by atoms with E-state index in [-0.39, 0.29) is 0 Å². The van der Waals surface area contributed by atoms with Crippen LogP contribution < -0.4 is 9.47 Å². The Morgan fingerprint density at radius 1 is 1.24 bits per heavy atom. The second kappa shape index (κ2) is 7.99. The Hall–Kier alpha value is -2.64. The van der Waals surface area contributed by atoms with Crippen LogP contribution in [0.2, 0.25) is 0 Å². The minimum atomic E-state index is -1.08. The molecule has 0 bridgehead atoms. The highest BCUT2D eigenvalue weighted by Crippen LogP contribution is 2.69. The van der Waals surface area contributed by atoms with Crippen molar-refractivity contribution < 1.29 is 24.1 Å². The van der Waals surface area contributed by atoms with Crippen LogP contribution in [-0.2, 0) is 20.5 Å². The van der Waals surface area contributed by atoms with E-state index in [1.807, 2.05) is 43.3 Å². The Morgan fingerprint density at radius 2 is 2.00 bits per heavy atom. The van der Waals surface area contributed by atoms with Gasteiger partial charge in [0.15, 0.2) is 5.60 Å². The van der Waals surface area contributed by atoms with Gasteiger partial charge in [0.05, 0.1) is 49.6 Å². The lowest BCUT2D eigenvalue weighted by Crippen LogP contribution is -2.51. The lowest BCUT2D eigenvalue weighted by Gasteiger charge is -2.43. The van der Waals surface area contributed by atoms with Gasteiger partial charge in [-0.1, -0.05) is 51.9 Å². The molecule has 1 aromatic heterocycles. The maximum absolute atomic E-state index is 13.2. The van der Waals surface area contributed by atoms with Crippen molar-refractivity contribution in [1.82, 2.24) is 4.98 Å². The number of rotatable bonds is 4. The van der Waals surface area contributed by atoms with E-state index in [0.717, 1.165) is 34.0 Å². The predicted molar refractivity (Wildman–Crippen MR) is 126 cm³/mol. The minimum Gasteiger partial charge on any atom is -0.495 e. The average molecular weight is 512 g/mol. The molecule has 1 fully saturated rings. The molecule has 0 amide bonds. The number of carbonyl (C=O) groups excluding carboxylic acids is 1. The highest BCUT2D eigenvalue weighted by Gasteiger charge is 2.76. The number of allylic oxidation sites excluding steroid dienone is 3. The number of aliphatic hydroxyl groups is 1. The summed E-state index contributed by atoms with van der Waals surface area (Å²) in [5.74, 6) is -0.636. The monoisotopic (exact) mass is 511 g/mol. The number of aromatic nitrogens is 1. The molecule has 5 rings (SSSR count). The number of ether oxygens (including phenoxy) is 3. The maximum atomic E-state index is 13.2. The first-order valence-corrected chi connectivity index (χ1v) is 11.8. The Balaban J connectivity index is 1.86. The molecule has 0 unspecified atom stereocenters. The van der Waals surface area contributed by atoms with Crippen molar-refractivity contribution in [1.29, 1.82) is 0 Å². The fourth-order valence-electron chi connectivity index (χ4n) is 6.19. The SMILES string of the molecule is COC(=O)[C@H]1[C@@H](O)[C@@]2(C)c3c(OC)cncc3O[C@@]2(c2ccc(Br)cc2)[C@@H]1C1=CC=CCC1. The summed E-state index contributed by atoms with van der Waals surface area (Å²) in [6.07, 6.45) is 9.99. The molecule has 1 aromatic carbocycles. The van der Waals surface area contributed by atoms with Crippen molar-refractivity contribution in [3.63, 3.8) is 0 Å². The van der Waals surface area contributed by atoms with Crippen molar-refractivity contribution in [2.45, 2.75) is 36.9 Å². The van der Waals surface area contributed by atoms with E-state index < -0.39 is 34.9 Å². The average Bonchev–Trinajstić information content (AvgIpc) is 3.22. The molecule has 33 heavy (non-hydrogen) atoms. The van der Waals surface area contributed by atoms with E-state index >= 15 is 0 Å². The van der Waals surface area contributed by atoms with Crippen molar-refractivity contribution >= 4 is 21.9 Å². The summed E-state index contributed by atoms with van der Waals surface area (Å²) >= 11 is 3.52. The van der Waals surface area contributed by atoms with Gasteiger partial charge in [-0.15, -0.1) is 0 Å². The van der Waals surface area contributed by atoms with Crippen LogP contribution in [0.5, 0.6) is 11.5 Å². The zero-order valence-electron chi connectivity index (χ0n) is 18.7. The molecule has 0 spiro atoms. The Bertz CT molecular complexity index is 1160. The minimum absolute atomic E-state index is 0.451. The summed E-state index contributed by atoms with van der Waals surface area (Å²) in [5.41, 5.74) is 0.576. The van der Waals surface area contributed by atoms with Gasteiger partial charge < -0.3 is 19.3 Å². The van der Waals surface area contributed by atoms with Gasteiger partial charge in [-0.25, -0.2) is 0 Å². The molecular weight excluding hydrogens is 486 g/mol. The molecule has 2 aliphatic carbocycles. The van der Waals surface area contributed by atoms with E-state index in [9.17, 15) is 9.90 Å². The molecular formula is C26H26BrNO5. The first-order valence-electron chi connectivity index (χ1n) is 11.0. The number of carbonyl (C=O) groups is 1. The standard InChI is InChI=1S/C26H26BrNO5/c1-25-22-18(31-2)13-28-14-19(22)33-26(25,16-9-11-17(27)12-10-16)21(15-7-5-4-6-8-15)20(23(25)29)24(30)32-3/h4-5,7,9-14,20-21,23,29H,6,8H2,1-3H3/t20-,21-,23-,25-,26+/m1/s1. The molecule has 1 saturated carbocycles. The predicted octanol–water partition coefficient (Wildman–Crippen LogP) is 4.45. The number of hydrogen-bond acceptors (Lipinski definition) is 6. The van der Waals surface area contributed by atoms with E-state index in [1.165, 1.54) is 7.11 Å². The Morgan fingerprint density at radius 3 is 2.64 bits per heavy atom. The third-order valence-electron chi connectivity index (χ3n) is 7.58. The van der Waals surface area contributed by atoms with Gasteiger partial charge in [0.25, 0.3) is 0 Å². The highest BCUT2D eigenvalue weighted by molar-refractivity contribution is 9.10. The van der Waals surface area contributed by atoms with Gasteiger partial charge in [0.1, 0.15) is 11.5 Å². The molecule has 2 heterocycles. The Kier molecular flexibility index (Phi) is 5.37. The summed E-state index contributed by atoms with van der Waals surface area (Å²) in [6, 6.07) is 7.90. The van der Waals surface area contributed by atoms with Crippen LogP contribution in [0.3, 0.4) is 0 Å². The van der Waals surface area contributed by atoms with E-state index in [1.54, 1.807) is 19.5 Å². The number of aliphatic hydroxyl groups excluding tert-OH is 1. The van der Waals surface area contributed by atoms with Crippen molar-refractivity contribution in [3.8, 4) is 11.5 Å². The molecule has 6 nitrogen and oxygen atoms in total. The Labute approximate surface area is 201 Å². The zero-order chi connectivity index (χ0) is 23.4. The molecule has 7 heteroatoms.